The maximum absolute atomic E-state index is 10.6. The first-order chi connectivity index (χ1) is 8.61. The molecule has 0 aromatic heterocycles. The number of aryl methyl sites for hydroxylation is 1. The van der Waals surface area contributed by atoms with E-state index in [9.17, 15) is 5.11 Å². The smallest absolute Gasteiger partial charge is 0.0818 e. The Kier molecular flexibility index (Phi) is 4.85. The molecule has 0 aliphatic heterocycles. The van der Waals surface area contributed by atoms with Gasteiger partial charge in [-0.25, -0.2) is 0 Å². The first-order valence-corrected chi connectivity index (χ1v) is 7.85. The first kappa shape index (κ1) is 14.1. The molecule has 2 rings (SSSR count). The lowest BCUT2D eigenvalue weighted by molar-refractivity contribution is 0.0677. The van der Waals surface area contributed by atoms with Gasteiger partial charge in [-0.1, -0.05) is 54.2 Å². The predicted molar refractivity (Wildman–Crippen MR) is 79.6 cm³/mol. The van der Waals surface area contributed by atoms with E-state index in [0.717, 1.165) is 16.0 Å². The van der Waals surface area contributed by atoms with Gasteiger partial charge in [0, 0.05) is 4.47 Å². The zero-order valence-corrected chi connectivity index (χ0v) is 12.9. The summed E-state index contributed by atoms with van der Waals surface area (Å²) in [6.45, 7) is 4.35. The van der Waals surface area contributed by atoms with Gasteiger partial charge in [-0.15, -0.1) is 0 Å². The average Bonchev–Trinajstić information content (AvgIpc) is 2.41. The molecular formula is C16H23BrO. The van der Waals surface area contributed by atoms with Crippen molar-refractivity contribution in [3.8, 4) is 0 Å². The summed E-state index contributed by atoms with van der Waals surface area (Å²) in [5.41, 5.74) is 2.28. The van der Waals surface area contributed by atoms with Crippen molar-refractivity contribution in [2.24, 2.45) is 11.8 Å². The first-order valence-electron chi connectivity index (χ1n) is 7.06. The Morgan fingerprint density at radius 1 is 1.39 bits per heavy atom. The van der Waals surface area contributed by atoms with Gasteiger partial charge in [0.05, 0.1) is 6.10 Å². The molecule has 1 N–H and O–H groups in total. The van der Waals surface area contributed by atoms with Crippen molar-refractivity contribution in [3.05, 3.63) is 33.8 Å². The highest BCUT2D eigenvalue weighted by atomic mass is 79.9. The minimum Gasteiger partial charge on any atom is -0.388 e. The van der Waals surface area contributed by atoms with Gasteiger partial charge in [0.25, 0.3) is 0 Å². The van der Waals surface area contributed by atoms with E-state index in [4.69, 9.17) is 0 Å². The van der Waals surface area contributed by atoms with E-state index < -0.39 is 0 Å². The fraction of sp³-hybridized carbons (Fsp3) is 0.625. The molecule has 0 bridgehead atoms. The SMILES string of the molecule is CCC1CCCC(C(O)c2ccc(Br)c(C)c2)C1. The largest absolute Gasteiger partial charge is 0.388 e. The molecule has 1 aliphatic rings. The van der Waals surface area contributed by atoms with E-state index >= 15 is 0 Å². The molecule has 0 radical (unpaired) electrons. The van der Waals surface area contributed by atoms with Crippen LogP contribution in [0.5, 0.6) is 0 Å². The quantitative estimate of drug-likeness (QED) is 0.832. The summed E-state index contributed by atoms with van der Waals surface area (Å²) in [5, 5.41) is 10.6. The van der Waals surface area contributed by atoms with Crippen molar-refractivity contribution in [1.82, 2.24) is 0 Å². The maximum Gasteiger partial charge on any atom is 0.0818 e. The van der Waals surface area contributed by atoms with Crippen molar-refractivity contribution >= 4 is 15.9 Å². The van der Waals surface area contributed by atoms with E-state index in [1.807, 2.05) is 6.07 Å². The van der Waals surface area contributed by atoms with Gasteiger partial charge in [-0.3, -0.25) is 0 Å². The summed E-state index contributed by atoms with van der Waals surface area (Å²) in [6, 6.07) is 6.22. The van der Waals surface area contributed by atoms with E-state index in [1.165, 1.54) is 37.7 Å². The summed E-state index contributed by atoms with van der Waals surface area (Å²) in [4.78, 5) is 0. The molecule has 1 saturated carbocycles. The Bertz CT molecular complexity index is 402. The maximum atomic E-state index is 10.6. The normalized spacial score (nSPS) is 26.0. The topological polar surface area (TPSA) is 20.2 Å². The second kappa shape index (κ2) is 6.21. The van der Waals surface area contributed by atoms with Crippen LogP contribution in [0.3, 0.4) is 0 Å². The number of halogens is 1. The summed E-state index contributed by atoms with van der Waals surface area (Å²) in [7, 11) is 0. The van der Waals surface area contributed by atoms with Crippen LogP contribution in [0.1, 0.15) is 56.3 Å². The van der Waals surface area contributed by atoms with Crippen molar-refractivity contribution in [1.29, 1.82) is 0 Å². The van der Waals surface area contributed by atoms with Crippen LogP contribution < -0.4 is 0 Å². The third kappa shape index (κ3) is 3.16. The Morgan fingerprint density at radius 3 is 2.83 bits per heavy atom. The molecular weight excluding hydrogens is 288 g/mol. The lowest BCUT2D eigenvalue weighted by atomic mass is 9.76. The lowest BCUT2D eigenvalue weighted by Crippen LogP contribution is -2.21. The van der Waals surface area contributed by atoms with Crippen molar-refractivity contribution in [2.45, 2.75) is 52.1 Å². The van der Waals surface area contributed by atoms with E-state index in [1.54, 1.807) is 0 Å². The molecule has 0 amide bonds. The van der Waals surface area contributed by atoms with Crippen LogP contribution in [-0.2, 0) is 0 Å². The monoisotopic (exact) mass is 310 g/mol. The van der Waals surface area contributed by atoms with E-state index in [0.29, 0.717) is 5.92 Å². The standard InChI is InChI=1S/C16H23BrO/c1-3-12-5-4-6-13(10-12)16(18)14-7-8-15(17)11(2)9-14/h7-9,12-13,16,18H,3-6,10H2,1-2H3. The van der Waals surface area contributed by atoms with Gasteiger partial charge < -0.3 is 5.11 Å². The molecule has 1 aromatic rings. The zero-order chi connectivity index (χ0) is 13.1. The number of hydrogen-bond donors (Lipinski definition) is 1. The minimum absolute atomic E-state index is 0.286. The molecule has 0 spiro atoms. The van der Waals surface area contributed by atoms with Gasteiger partial charge in [-0.05, 0) is 48.8 Å². The van der Waals surface area contributed by atoms with Crippen LogP contribution in [0.25, 0.3) is 0 Å². The fourth-order valence-electron chi connectivity index (χ4n) is 3.11. The minimum atomic E-state index is -0.286. The second-order valence-electron chi connectivity index (χ2n) is 5.65. The highest BCUT2D eigenvalue weighted by Gasteiger charge is 2.27. The van der Waals surface area contributed by atoms with Gasteiger partial charge in [0.1, 0.15) is 0 Å². The highest BCUT2D eigenvalue weighted by molar-refractivity contribution is 9.10. The van der Waals surface area contributed by atoms with Crippen LogP contribution in [0, 0.1) is 18.8 Å². The number of benzene rings is 1. The number of rotatable bonds is 3. The molecule has 18 heavy (non-hydrogen) atoms. The van der Waals surface area contributed by atoms with Crippen LogP contribution in [-0.4, -0.2) is 5.11 Å². The Balaban J connectivity index is 2.10. The molecule has 100 valence electrons. The van der Waals surface area contributed by atoms with E-state index in [-0.39, 0.29) is 6.10 Å². The van der Waals surface area contributed by atoms with Crippen molar-refractivity contribution in [2.75, 3.05) is 0 Å². The number of hydrogen-bond acceptors (Lipinski definition) is 1. The average molecular weight is 311 g/mol. The van der Waals surface area contributed by atoms with E-state index in [2.05, 4.69) is 41.9 Å². The van der Waals surface area contributed by atoms with Crippen molar-refractivity contribution in [3.63, 3.8) is 0 Å². The summed E-state index contributed by atoms with van der Waals surface area (Å²) < 4.78 is 1.12. The van der Waals surface area contributed by atoms with Gasteiger partial charge in [-0.2, -0.15) is 0 Å². The Hall–Kier alpha value is -0.340. The van der Waals surface area contributed by atoms with Crippen LogP contribution in [0.4, 0.5) is 0 Å². The molecule has 0 heterocycles. The Labute approximate surface area is 119 Å². The third-order valence-electron chi connectivity index (χ3n) is 4.37. The zero-order valence-electron chi connectivity index (χ0n) is 11.3. The van der Waals surface area contributed by atoms with Crippen LogP contribution >= 0.6 is 15.9 Å². The highest BCUT2D eigenvalue weighted by Crippen LogP contribution is 2.38. The van der Waals surface area contributed by atoms with Crippen LogP contribution in [0.2, 0.25) is 0 Å². The molecule has 1 nitrogen and oxygen atoms in total. The molecule has 3 unspecified atom stereocenters. The van der Waals surface area contributed by atoms with Crippen LogP contribution in [0.15, 0.2) is 22.7 Å². The van der Waals surface area contributed by atoms with Crippen molar-refractivity contribution < 1.29 is 5.11 Å². The number of aliphatic hydroxyl groups excluding tert-OH is 1. The summed E-state index contributed by atoms with van der Waals surface area (Å²) >= 11 is 3.51. The fourth-order valence-corrected chi connectivity index (χ4v) is 3.36. The lowest BCUT2D eigenvalue weighted by Gasteiger charge is -2.32. The van der Waals surface area contributed by atoms with Gasteiger partial charge >= 0.3 is 0 Å². The molecule has 2 heteroatoms. The molecule has 3 atom stereocenters. The van der Waals surface area contributed by atoms with Gasteiger partial charge in [0.15, 0.2) is 0 Å². The van der Waals surface area contributed by atoms with Gasteiger partial charge in [0.2, 0.25) is 0 Å². The Morgan fingerprint density at radius 2 is 2.17 bits per heavy atom. The molecule has 1 aromatic carbocycles. The second-order valence-corrected chi connectivity index (χ2v) is 6.51. The summed E-state index contributed by atoms with van der Waals surface area (Å²) in [6.07, 6.45) is 5.95. The summed E-state index contributed by atoms with van der Waals surface area (Å²) in [5.74, 6) is 1.26. The number of aliphatic hydroxyl groups is 1. The molecule has 0 saturated heterocycles. The predicted octanol–water partition coefficient (Wildman–Crippen LogP) is 5.01. The third-order valence-corrected chi connectivity index (χ3v) is 5.26. The molecule has 1 fully saturated rings. The molecule has 1 aliphatic carbocycles.